The van der Waals surface area contributed by atoms with Gasteiger partial charge in [-0.15, -0.1) is 0 Å². The molecule has 0 spiro atoms. The number of hydrogen-bond donors (Lipinski definition) is 0. The molecule has 0 bridgehead atoms. The number of halogens is 2. The standard InChI is InChI=1S/C20H16BrFN2O3/c1-2-27-20(26)15(10-23)18-14-5-3-4-6-17(14)24(19(18)25)11-12-7-8-13(21)9-16(12)22/h3-9,15,25H,2,11H2,1H3/p-1. The van der Waals surface area contributed by atoms with Gasteiger partial charge in [-0.25, -0.2) is 4.39 Å². The lowest BCUT2D eigenvalue weighted by atomic mass is 9.99. The van der Waals surface area contributed by atoms with Crippen molar-refractivity contribution in [1.29, 1.82) is 5.26 Å². The van der Waals surface area contributed by atoms with E-state index in [2.05, 4.69) is 15.9 Å². The number of carbonyl (C=O) groups excluding carboxylic acids is 1. The summed E-state index contributed by atoms with van der Waals surface area (Å²) in [6.45, 7) is 1.72. The van der Waals surface area contributed by atoms with Crippen LogP contribution in [0.2, 0.25) is 0 Å². The third-order valence-corrected chi connectivity index (χ3v) is 4.74. The van der Waals surface area contributed by atoms with E-state index in [1.165, 1.54) is 10.6 Å². The molecule has 7 heteroatoms. The maximum absolute atomic E-state index is 14.3. The minimum atomic E-state index is -1.33. The number of aromatic nitrogens is 1. The average molecular weight is 430 g/mol. The molecule has 3 aromatic rings. The summed E-state index contributed by atoms with van der Waals surface area (Å²) in [6.07, 6.45) is 0. The van der Waals surface area contributed by atoms with Crippen LogP contribution in [0.15, 0.2) is 46.9 Å². The van der Waals surface area contributed by atoms with E-state index in [0.29, 0.717) is 20.9 Å². The van der Waals surface area contributed by atoms with Crippen molar-refractivity contribution in [3.8, 4) is 11.9 Å². The molecule has 5 nitrogen and oxygen atoms in total. The minimum Gasteiger partial charge on any atom is -0.860 e. The molecule has 0 radical (unpaired) electrons. The van der Waals surface area contributed by atoms with Gasteiger partial charge in [-0.3, -0.25) is 4.79 Å². The normalized spacial score (nSPS) is 11.9. The summed E-state index contributed by atoms with van der Waals surface area (Å²) in [6, 6.07) is 13.3. The van der Waals surface area contributed by atoms with E-state index in [1.807, 2.05) is 6.07 Å². The van der Waals surface area contributed by atoms with Crippen LogP contribution in [0.25, 0.3) is 10.9 Å². The predicted molar refractivity (Wildman–Crippen MR) is 99.6 cm³/mol. The molecule has 27 heavy (non-hydrogen) atoms. The zero-order valence-corrected chi connectivity index (χ0v) is 16.0. The van der Waals surface area contributed by atoms with Gasteiger partial charge >= 0.3 is 5.97 Å². The Kier molecular flexibility index (Phi) is 5.47. The first kappa shape index (κ1) is 18.9. The Labute approximate surface area is 163 Å². The highest BCUT2D eigenvalue weighted by Crippen LogP contribution is 2.36. The van der Waals surface area contributed by atoms with Crippen LogP contribution in [0.5, 0.6) is 5.88 Å². The van der Waals surface area contributed by atoms with Gasteiger partial charge in [-0.2, -0.15) is 5.26 Å². The first-order valence-corrected chi connectivity index (χ1v) is 9.05. The molecule has 1 atom stereocenters. The molecule has 0 saturated carbocycles. The number of carbonyl (C=O) groups is 1. The molecule has 0 amide bonds. The van der Waals surface area contributed by atoms with Crippen LogP contribution < -0.4 is 5.11 Å². The molecule has 1 aromatic heterocycles. The molecule has 0 aliphatic carbocycles. The Balaban J connectivity index is 2.16. The third kappa shape index (κ3) is 3.53. The quantitative estimate of drug-likeness (QED) is 0.577. The average Bonchev–Trinajstić information content (AvgIpc) is 2.91. The van der Waals surface area contributed by atoms with E-state index < -0.39 is 23.6 Å². The second-order valence-electron chi connectivity index (χ2n) is 5.87. The minimum absolute atomic E-state index is 0.0145. The monoisotopic (exact) mass is 429 g/mol. The van der Waals surface area contributed by atoms with Crippen LogP contribution in [-0.4, -0.2) is 17.1 Å². The highest BCUT2D eigenvalue weighted by Gasteiger charge is 2.27. The Morgan fingerprint density at radius 2 is 2.11 bits per heavy atom. The van der Waals surface area contributed by atoms with E-state index in [0.717, 1.165) is 0 Å². The van der Waals surface area contributed by atoms with Crippen molar-refractivity contribution in [2.45, 2.75) is 19.4 Å². The smallest absolute Gasteiger partial charge is 0.327 e. The Hall–Kier alpha value is -2.85. The van der Waals surface area contributed by atoms with Crippen molar-refractivity contribution in [3.05, 3.63) is 63.9 Å². The van der Waals surface area contributed by atoms with Crippen LogP contribution in [0, 0.1) is 17.1 Å². The summed E-state index contributed by atoms with van der Waals surface area (Å²) in [5.41, 5.74) is 0.917. The lowest BCUT2D eigenvalue weighted by Gasteiger charge is -2.18. The van der Waals surface area contributed by atoms with Gasteiger partial charge in [0.05, 0.1) is 12.7 Å². The van der Waals surface area contributed by atoms with Gasteiger partial charge in [0, 0.05) is 27.5 Å². The number of fused-ring (bicyclic) bond motifs is 1. The van der Waals surface area contributed by atoms with Gasteiger partial charge < -0.3 is 14.4 Å². The molecule has 0 aliphatic heterocycles. The topological polar surface area (TPSA) is 78.1 Å². The molecular weight excluding hydrogens is 415 g/mol. The first-order valence-electron chi connectivity index (χ1n) is 8.26. The third-order valence-electron chi connectivity index (χ3n) is 4.24. The summed E-state index contributed by atoms with van der Waals surface area (Å²) in [5, 5.41) is 23.0. The highest BCUT2D eigenvalue weighted by atomic mass is 79.9. The predicted octanol–water partition coefficient (Wildman–Crippen LogP) is 3.84. The van der Waals surface area contributed by atoms with Gasteiger partial charge in [0.2, 0.25) is 0 Å². The number of nitriles is 1. The van der Waals surface area contributed by atoms with E-state index in [-0.39, 0.29) is 18.7 Å². The van der Waals surface area contributed by atoms with Crippen LogP contribution in [0.4, 0.5) is 4.39 Å². The van der Waals surface area contributed by atoms with Crippen LogP contribution in [-0.2, 0) is 16.1 Å². The largest absolute Gasteiger partial charge is 0.860 e. The maximum atomic E-state index is 14.3. The first-order chi connectivity index (χ1) is 13.0. The van der Waals surface area contributed by atoms with E-state index in [1.54, 1.807) is 43.3 Å². The summed E-state index contributed by atoms with van der Waals surface area (Å²) >= 11 is 3.20. The molecule has 2 aromatic carbocycles. The number of benzene rings is 2. The number of nitrogens with zero attached hydrogens (tertiary/aromatic N) is 2. The second-order valence-corrected chi connectivity index (χ2v) is 6.79. The van der Waals surface area contributed by atoms with E-state index in [4.69, 9.17) is 4.74 Å². The molecule has 0 aliphatic rings. The highest BCUT2D eigenvalue weighted by molar-refractivity contribution is 9.10. The van der Waals surface area contributed by atoms with Crippen molar-refractivity contribution < 1.29 is 19.0 Å². The fourth-order valence-corrected chi connectivity index (χ4v) is 3.36. The number of ether oxygens (including phenoxy) is 1. The zero-order chi connectivity index (χ0) is 19.6. The molecule has 0 N–H and O–H groups in total. The van der Waals surface area contributed by atoms with E-state index in [9.17, 15) is 19.6 Å². The van der Waals surface area contributed by atoms with Crippen LogP contribution in [0.1, 0.15) is 24.0 Å². The molecule has 1 unspecified atom stereocenters. The SMILES string of the molecule is CCOC(=O)C(C#N)c1c([O-])n(Cc2ccc(Br)cc2F)c2ccccc12. The second kappa shape index (κ2) is 7.80. The summed E-state index contributed by atoms with van der Waals surface area (Å²) < 4.78 is 21.2. The summed E-state index contributed by atoms with van der Waals surface area (Å²) in [5.74, 6) is -3.06. The molecule has 0 fully saturated rings. The van der Waals surface area contributed by atoms with Crippen molar-refractivity contribution in [2.75, 3.05) is 6.61 Å². The fraction of sp³-hybridized carbons (Fsp3) is 0.200. The van der Waals surface area contributed by atoms with Crippen molar-refractivity contribution in [3.63, 3.8) is 0 Å². The van der Waals surface area contributed by atoms with Gasteiger partial charge in [0.25, 0.3) is 0 Å². The lowest BCUT2D eigenvalue weighted by molar-refractivity contribution is -0.279. The van der Waals surface area contributed by atoms with Gasteiger partial charge in [0.1, 0.15) is 5.82 Å². The lowest BCUT2D eigenvalue weighted by Crippen LogP contribution is -2.16. The maximum Gasteiger partial charge on any atom is 0.327 e. The Bertz CT molecular complexity index is 1060. The Morgan fingerprint density at radius 3 is 2.78 bits per heavy atom. The van der Waals surface area contributed by atoms with E-state index >= 15 is 0 Å². The van der Waals surface area contributed by atoms with Crippen LogP contribution >= 0.6 is 15.9 Å². The molecular formula is C20H15BrFN2O3-. The summed E-state index contributed by atoms with van der Waals surface area (Å²) in [7, 11) is 0. The van der Waals surface area contributed by atoms with Crippen molar-refractivity contribution in [2.24, 2.45) is 0 Å². The molecule has 1 heterocycles. The number of rotatable bonds is 5. The Morgan fingerprint density at radius 1 is 1.37 bits per heavy atom. The molecule has 0 saturated heterocycles. The number of esters is 1. The van der Waals surface area contributed by atoms with Crippen molar-refractivity contribution in [1.82, 2.24) is 4.57 Å². The number of para-hydroxylation sites is 1. The van der Waals surface area contributed by atoms with Crippen LogP contribution in [0.3, 0.4) is 0 Å². The van der Waals surface area contributed by atoms with Gasteiger partial charge in [-0.1, -0.05) is 40.2 Å². The fourth-order valence-electron chi connectivity index (χ4n) is 3.02. The summed E-state index contributed by atoms with van der Waals surface area (Å²) in [4.78, 5) is 12.2. The van der Waals surface area contributed by atoms with Gasteiger partial charge in [0.15, 0.2) is 5.92 Å². The van der Waals surface area contributed by atoms with Gasteiger partial charge in [-0.05, 0) is 36.6 Å². The molecule has 138 valence electrons. The van der Waals surface area contributed by atoms with Crippen molar-refractivity contribution >= 4 is 32.8 Å². The number of hydrogen-bond acceptors (Lipinski definition) is 4. The zero-order valence-electron chi connectivity index (χ0n) is 14.4. The molecule has 3 rings (SSSR count).